The summed E-state index contributed by atoms with van der Waals surface area (Å²) in [6, 6.07) is 0. The van der Waals surface area contributed by atoms with Crippen LogP contribution in [0.3, 0.4) is 0 Å². The molecule has 9 nitrogen and oxygen atoms in total. The van der Waals surface area contributed by atoms with Crippen LogP contribution in [0, 0.1) is 0 Å². The molecule has 0 aliphatic rings. The SMILES string of the molecule is O=C(O)O.[NH2][Pt]([NH2])([NH2])([NH2])([NH2])[NH2]. The third kappa shape index (κ3) is 7300. The summed E-state index contributed by atoms with van der Waals surface area (Å²) in [6.07, 6.45) is -1.83. The summed E-state index contributed by atoms with van der Waals surface area (Å²) in [5.41, 5.74) is 0. The van der Waals surface area contributed by atoms with Gasteiger partial charge < -0.3 is 10.2 Å². The second-order valence-corrected chi connectivity index (χ2v) is 13.2. The van der Waals surface area contributed by atoms with Crippen LogP contribution < -0.4 is 25.8 Å². The van der Waals surface area contributed by atoms with Crippen molar-refractivity contribution in [1.29, 1.82) is 0 Å². The van der Waals surface area contributed by atoms with Gasteiger partial charge in [0.15, 0.2) is 0 Å². The molecule has 0 heterocycles. The zero-order chi connectivity index (χ0) is 9.99. The first kappa shape index (κ1) is 13.3. The van der Waals surface area contributed by atoms with E-state index in [1.165, 1.54) is 0 Å². The van der Waals surface area contributed by atoms with Crippen molar-refractivity contribution in [2.24, 2.45) is 25.8 Å². The Morgan fingerprint density at radius 3 is 0.909 bits per heavy atom. The molecular formula is CH14N6O3Pt. The molecule has 0 bridgehead atoms. The van der Waals surface area contributed by atoms with E-state index in [1.807, 2.05) is 0 Å². The number of rotatable bonds is 0. The van der Waals surface area contributed by atoms with Gasteiger partial charge in [-0.2, -0.15) is 0 Å². The van der Waals surface area contributed by atoms with Crippen LogP contribution in [-0.2, 0) is 15.1 Å². The maximum atomic E-state index is 8.56. The van der Waals surface area contributed by atoms with Gasteiger partial charge in [0.05, 0.1) is 0 Å². The Hall–Kier alpha value is -0.282. The molecule has 0 aromatic carbocycles. The molecule has 0 radical (unpaired) electrons. The van der Waals surface area contributed by atoms with Gasteiger partial charge in [0.1, 0.15) is 0 Å². The first-order chi connectivity index (χ1) is 4.18. The normalized spacial score (nSPS) is 16.9. The molecule has 14 N–H and O–H groups in total. The van der Waals surface area contributed by atoms with Crippen molar-refractivity contribution >= 4 is 6.16 Å². The summed E-state index contributed by atoms with van der Waals surface area (Å²) >= 11 is -5.12. The van der Waals surface area contributed by atoms with Crippen LogP contribution in [0.2, 0.25) is 0 Å². The summed E-state index contributed by atoms with van der Waals surface area (Å²) in [7, 11) is 0. The molecule has 0 aliphatic carbocycles. The molecular weight excluding hydrogens is 339 g/mol. The van der Waals surface area contributed by atoms with Crippen molar-refractivity contribution in [1.82, 2.24) is 0 Å². The quantitative estimate of drug-likeness (QED) is 0.218. The Morgan fingerprint density at radius 1 is 0.909 bits per heavy atom. The van der Waals surface area contributed by atoms with Crippen molar-refractivity contribution in [2.75, 3.05) is 0 Å². The molecule has 0 saturated heterocycles. The molecule has 76 valence electrons. The van der Waals surface area contributed by atoms with Crippen LogP contribution in [0.1, 0.15) is 0 Å². The van der Waals surface area contributed by atoms with E-state index in [9.17, 15) is 0 Å². The van der Waals surface area contributed by atoms with Crippen LogP contribution in [-0.4, -0.2) is 16.4 Å². The Morgan fingerprint density at radius 2 is 0.909 bits per heavy atom. The molecule has 0 saturated carbocycles. The fourth-order valence-electron chi connectivity index (χ4n) is 0. The molecule has 0 rings (SSSR count). The first-order valence-electron chi connectivity index (χ1n) is 1.75. The summed E-state index contributed by atoms with van der Waals surface area (Å²) in [6.45, 7) is 0. The number of hydrogen-bond acceptors (Lipinski definition) is 7. The van der Waals surface area contributed by atoms with E-state index in [4.69, 9.17) is 40.8 Å². The predicted octanol–water partition coefficient (Wildman–Crippen LogP) is -3.32. The monoisotopic (exact) mass is 353 g/mol. The molecule has 0 atom stereocenters. The van der Waals surface area contributed by atoms with Crippen LogP contribution in [0.5, 0.6) is 0 Å². The minimum atomic E-state index is -5.12. The third-order valence-electron chi connectivity index (χ3n) is 0. The molecule has 0 fully saturated rings. The zero-order valence-corrected chi connectivity index (χ0v) is 7.86. The molecule has 0 aliphatic heterocycles. The molecule has 0 spiro atoms. The Bertz CT molecular complexity index is 136. The van der Waals surface area contributed by atoms with Crippen molar-refractivity contribution in [3.05, 3.63) is 0 Å². The summed E-state index contributed by atoms with van der Waals surface area (Å²) in [5, 5.41) is 13.9. The third-order valence-corrected chi connectivity index (χ3v) is 0. The summed E-state index contributed by atoms with van der Waals surface area (Å²) < 4.78 is 29.5. The van der Waals surface area contributed by atoms with Gasteiger partial charge in [-0.05, 0) is 0 Å². The van der Waals surface area contributed by atoms with Gasteiger partial charge in [-0.1, -0.05) is 0 Å². The maximum absolute atomic E-state index is 8.56. The van der Waals surface area contributed by atoms with E-state index in [2.05, 4.69) is 0 Å². The standard InChI is InChI=1S/CH2O3.6H2N.Pt/c2-1(3)4;;;;;;;/h(H2,2,3,4);6*1H2;/q;6*-1;+6. The average Bonchev–Trinajstić information content (AvgIpc) is 1.11. The fourth-order valence-corrected chi connectivity index (χ4v) is 0. The van der Waals surface area contributed by atoms with Crippen LogP contribution in [0.4, 0.5) is 4.79 Å². The Kier molecular flexibility index (Phi) is 2.85. The van der Waals surface area contributed by atoms with Gasteiger partial charge in [-0.15, -0.1) is 0 Å². The number of carbonyl (C=O) groups is 1. The number of nitrogens with two attached hydrogens (primary N) is 6. The average molecular weight is 353 g/mol. The van der Waals surface area contributed by atoms with Crippen LogP contribution >= 0.6 is 0 Å². The van der Waals surface area contributed by atoms with Crippen LogP contribution in [0.15, 0.2) is 0 Å². The zero-order valence-electron chi connectivity index (χ0n) is 5.58. The molecule has 10 heteroatoms. The summed E-state index contributed by atoms with van der Waals surface area (Å²) in [4.78, 5) is 8.56. The van der Waals surface area contributed by atoms with E-state index in [0.717, 1.165) is 0 Å². The fraction of sp³-hybridized carbons (Fsp3) is 0. The van der Waals surface area contributed by atoms with E-state index in [0.29, 0.717) is 0 Å². The molecule has 0 amide bonds. The van der Waals surface area contributed by atoms with E-state index >= 15 is 0 Å². The molecule has 0 aromatic rings. The van der Waals surface area contributed by atoms with E-state index in [-0.39, 0.29) is 0 Å². The van der Waals surface area contributed by atoms with Crippen molar-refractivity contribution in [3.8, 4) is 0 Å². The van der Waals surface area contributed by atoms with E-state index in [1.54, 1.807) is 0 Å². The van der Waals surface area contributed by atoms with Crippen molar-refractivity contribution in [2.45, 2.75) is 0 Å². The molecule has 0 aromatic heterocycles. The van der Waals surface area contributed by atoms with Gasteiger partial charge in [0, 0.05) is 0 Å². The van der Waals surface area contributed by atoms with Gasteiger partial charge in [0.25, 0.3) is 0 Å². The first-order valence-corrected chi connectivity index (χ1v) is 9.62. The van der Waals surface area contributed by atoms with Gasteiger partial charge in [-0.25, -0.2) is 4.79 Å². The minimum absolute atomic E-state index is 1.83. The predicted molar refractivity (Wildman–Crippen MR) is 35.8 cm³/mol. The van der Waals surface area contributed by atoms with Gasteiger partial charge in [0.2, 0.25) is 0 Å². The van der Waals surface area contributed by atoms with Crippen molar-refractivity contribution in [3.63, 3.8) is 0 Å². The Balaban J connectivity index is 0. The second-order valence-electron chi connectivity index (χ2n) is 1.86. The van der Waals surface area contributed by atoms with E-state index < -0.39 is 21.2 Å². The second kappa shape index (κ2) is 2.35. The molecule has 0 unspecified atom stereocenters. The van der Waals surface area contributed by atoms with Crippen LogP contribution in [0.25, 0.3) is 0 Å². The number of carboxylic acid groups (broad SMARTS) is 2. The van der Waals surface area contributed by atoms with Crippen molar-refractivity contribution < 1.29 is 30.1 Å². The molecule has 11 heavy (non-hydrogen) atoms. The number of hydrogen-bond donors (Lipinski definition) is 8. The van der Waals surface area contributed by atoms with Gasteiger partial charge in [-0.3, -0.25) is 0 Å². The van der Waals surface area contributed by atoms with Gasteiger partial charge >= 0.3 is 47.0 Å². The topological polar surface area (TPSA) is 214 Å². The Labute approximate surface area is 62.5 Å². The summed E-state index contributed by atoms with van der Waals surface area (Å²) in [5.74, 6) is 0.